The lowest BCUT2D eigenvalue weighted by Gasteiger charge is -2.04. The molecule has 26 heavy (non-hydrogen) atoms. The van der Waals surface area contributed by atoms with Crippen molar-refractivity contribution in [2.45, 2.75) is 6.92 Å². The zero-order valence-electron chi connectivity index (χ0n) is 14.3. The van der Waals surface area contributed by atoms with E-state index in [4.69, 9.17) is 9.47 Å². The number of hydrogen-bond acceptors (Lipinski definition) is 6. The molecule has 132 valence electrons. The zero-order valence-corrected chi connectivity index (χ0v) is 14.3. The lowest BCUT2D eigenvalue weighted by Crippen LogP contribution is -2.04. The molecule has 2 N–H and O–H groups in total. The molecule has 2 heterocycles. The Kier molecular flexibility index (Phi) is 3.92. The van der Waals surface area contributed by atoms with Gasteiger partial charge in [-0.2, -0.15) is 4.98 Å². The van der Waals surface area contributed by atoms with Gasteiger partial charge in [-0.05, 0) is 37.3 Å². The summed E-state index contributed by atoms with van der Waals surface area (Å²) in [6, 6.07) is 12.8. The number of carbonyl (C=O) groups excluding carboxylic acids is 1. The molecule has 0 aliphatic carbocycles. The monoisotopic (exact) mass is 351 g/mol. The second-order valence-electron chi connectivity index (χ2n) is 5.60. The van der Waals surface area contributed by atoms with E-state index in [1.165, 1.54) is 0 Å². The molecule has 0 unspecified atom stereocenters. The van der Waals surface area contributed by atoms with Crippen LogP contribution in [0.1, 0.15) is 17.3 Å². The Morgan fingerprint density at radius 3 is 2.92 bits per heavy atom. The second-order valence-corrected chi connectivity index (χ2v) is 5.60. The van der Waals surface area contributed by atoms with Gasteiger partial charge in [-0.3, -0.25) is 5.10 Å². The van der Waals surface area contributed by atoms with Crippen LogP contribution in [-0.4, -0.2) is 39.3 Å². The third-order valence-electron chi connectivity index (χ3n) is 3.91. The van der Waals surface area contributed by atoms with Crippen LogP contribution in [0.5, 0.6) is 5.75 Å². The number of rotatable bonds is 5. The molecule has 0 amide bonds. The first-order valence-corrected chi connectivity index (χ1v) is 8.14. The summed E-state index contributed by atoms with van der Waals surface area (Å²) < 4.78 is 12.0. The van der Waals surface area contributed by atoms with E-state index in [0.717, 1.165) is 17.0 Å². The van der Waals surface area contributed by atoms with E-state index in [9.17, 15) is 4.79 Å². The normalized spacial score (nSPS) is 11.0. The molecule has 0 spiro atoms. The molecular weight excluding hydrogens is 334 g/mol. The minimum Gasteiger partial charge on any atom is -0.497 e. The Hall–Kier alpha value is -3.55. The molecule has 0 fully saturated rings. The molecule has 0 aliphatic rings. The molecule has 0 radical (unpaired) electrons. The predicted molar refractivity (Wildman–Crippen MR) is 97.1 cm³/mol. The van der Waals surface area contributed by atoms with Crippen LogP contribution in [0, 0.1) is 0 Å². The molecule has 0 bridgehead atoms. The lowest BCUT2D eigenvalue weighted by atomic mass is 10.2. The number of ether oxygens (including phenoxy) is 2. The molecule has 2 aromatic heterocycles. The summed E-state index contributed by atoms with van der Waals surface area (Å²) in [5.41, 5.74) is 2.80. The van der Waals surface area contributed by atoms with E-state index in [1.54, 1.807) is 30.7 Å². The summed E-state index contributed by atoms with van der Waals surface area (Å²) >= 11 is 0. The maximum absolute atomic E-state index is 11.9. The van der Waals surface area contributed by atoms with Crippen molar-refractivity contribution in [2.75, 3.05) is 19.0 Å². The first-order chi connectivity index (χ1) is 12.7. The van der Waals surface area contributed by atoms with Crippen molar-refractivity contribution in [3.8, 4) is 5.75 Å². The molecule has 4 aromatic rings. The Bertz CT molecular complexity index is 1100. The Balaban J connectivity index is 1.66. The summed E-state index contributed by atoms with van der Waals surface area (Å²) in [5.74, 6) is 1.45. The summed E-state index contributed by atoms with van der Waals surface area (Å²) in [6.45, 7) is 2.11. The number of esters is 1. The average Bonchev–Trinajstić information content (AvgIpc) is 3.18. The van der Waals surface area contributed by atoms with E-state index >= 15 is 0 Å². The summed E-state index contributed by atoms with van der Waals surface area (Å²) in [4.78, 5) is 20.8. The topological polar surface area (TPSA) is 93.5 Å². The van der Waals surface area contributed by atoms with Gasteiger partial charge in [0, 0.05) is 11.8 Å². The summed E-state index contributed by atoms with van der Waals surface area (Å²) in [7, 11) is 1.62. The number of nitrogens with zero attached hydrogens (tertiary/aromatic N) is 3. The minimum atomic E-state index is -0.362. The fraction of sp³-hybridized carbons (Fsp3) is 0.167. The number of carbonyl (C=O) groups is 1. The van der Waals surface area contributed by atoms with Gasteiger partial charge in [0.2, 0.25) is 5.95 Å². The molecule has 2 aromatic carbocycles. The number of anilines is 2. The van der Waals surface area contributed by atoms with Crippen LogP contribution < -0.4 is 10.1 Å². The van der Waals surface area contributed by atoms with E-state index < -0.39 is 0 Å². The molecule has 0 atom stereocenters. The highest BCUT2D eigenvalue weighted by Gasteiger charge is 2.13. The largest absolute Gasteiger partial charge is 0.497 e. The van der Waals surface area contributed by atoms with Gasteiger partial charge in [0.25, 0.3) is 5.78 Å². The van der Waals surface area contributed by atoms with Crippen molar-refractivity contribution in [2.24, 2.45) is 0 Å². The van der Waals surface area contributed by atoms with E-state index in [1.807, 2.05) is 30.3 Å². The third-order valence-corrected chi connectivity index (χ3v) is 3.91. The molecular formula is C18H17N5O3. The van der Waals surface area contributed by atoms with Gasteiger partial charge in [0.1, 0.15) is 5.75 Å². The fourth-order valence-electron chi connectivity index (χ4n) is 2.72. The minimum absolute atomic E-state index is 0.335. The third kappa shape index (κ3) is 2.81. The highest BCUT2D eigenvalue weighted by molar-refractivity contribution is 5.94. The maximum Gasteiger partial charge on any atom is 0.338 e. The Morgan fingerprint density at radius 2 is 2.12 bits per heavy atom. The van der Waals surface area contributed by atoms with Gasteiger partial charge in [0.15, 0.2) is 0 Å². The van der Waals surface area contributed by atoms with E-state index in [-0.39, 0.29) is 5.97 Å². The molecule has 0 saturated heterocycles. The molecule has 0 aliphatic heterocycles. The number of imidazole rings is 1. The summed E-state index contributed by atoms with van der Waals surface area (Å²) in [5, 5.41) is 6.34. The van der Waals surface area contributed by atoms with Crippen molar-refractivity contribution >= 4 is 34.4 Å². The van der Waals surface area contributed by atoms with Crippen molar-refractivity contribution < 1.29 is 14.3 Å². The van der Waals surface area contributed by atoms with Gasteiger partial charge in [-0.25, -0.2) is 14.3 Å². The number of hydrogen-bond donors (Lipinski definition) is 2. The van der Waals surface area contributed by atoms with Crippen LogP contribution in [0.3, 0.4) is 0 Å². The Morgan fingerprint density at radius 1 is 1.23 bits per heavy atom. The highest BCUT2D eigenvalue weighted by atomic mass is 16.5. The summed E-state index contributed by atoms with van der Waals surface area (Å²) in [6.07, 6.45) is 0. The number of aromatic nitrogens is 4. The van der Waals surface area contributed by atoms with Crippen LogP contribution in [0.2, 0.25) is 0 Å². The van der Waals surface area contributed by atoms with Gasteiger partial charge in [-0.15, -0.1) is 0 Å². The number of nitrogens with one attached hydrogen (secondary N) is 2. The highest BCUT2D eigenvalue weighted by Crippen LogP contribution is 2.22. The maximum atomic E-state index is 11.9. The molecule has 0 saturated carbocycles. The van der Waals surface area contributed by atoms with Gasteiger partial charge in [-0.1, -0.05) is 6.07 Å². The zero-order chi connectivity index (χ0) is 18.1. The van der Waals surface area contributed by atoms with Crippen LogP contribution in [0.25, 0.3) is 16.8 Å². The van der Waals surface area contributed by atoms with Gasteiger partial charge < -0.3 is 14.8 Å². The number of H-pyrrole nitrogens is 1. The SMILES string of the molecule is CCOC(=O)c1ccc2c(c1)nc1nc(Nc3cccc(OC)c3)[nH]n12. The standard InChI is InChI=1S/C18H17N5O3/c1-3-26-16(24)11-7-8-15-14(9-11)20-18-21-17(22-23(15)18)19-12-5-4-6-13(10-12)25-2/h4-10H,3H2,1-2H3,(H2,19,20,21,22). The van der Waals surface area contributed by atoms with Crippen molar-refractivity contribution in [3.05, 3.63) is 48.0 Å². The molecule has 8 nitrogen and oxygen atoms in total. The number of methoxy groups -OCH3 is 1. The van der Waals surface area contributed by atoms with Crippen LogP contribution >= 0.6 is 0 Å². The van der Waals surface area contributed by atoms with Crippen LogP contribution in [-0.2, 0) is 4.74 Å². The first-order valence-electron chi connectivity index (χ1n) is 8.14. The van der Waals surface area contributed by atoms with Gasteiger partial charge in [0.05, 0.1) is 30.3 Å². The van der Waals surface area contributed by atoms with Crippen LogP contribution in [0.15, 0.2) is 42.5 Å². The number of benzene rings is 2. The number of fused-ring (bicyclic) bond motifs is 3. The fourth-order valence-corrected chi connectivity index (χ4v) is 2.72. The smallest absolute Gasteiger partial charge is 0.338 e. The predicted octanol–water partition coefficient (Wildman–Crippen LogP) is 3.14. The van der Waals surface area contributed by atoms with Crippen molar-refractivity contribution in [1.29, 1.82) is 0 Å². The average molecular weight is 351 g/mol. The van der Waals surface area contributed by atoms with Crippen LogP contribution in [0.4, 0.5) is 11.6 Å². The lowest BCUT2D eigenvalue weighted by molar-refractivity contribution is 0.0526. The Labute approximate surface area is 148 Å². The quantitative estimate of drug-likeness (QED) is 0.537. The second kappa shape index (κ2) is 6.40. The molecule has 8 heteroatoms. The molecule has 4 rings (SSSR count). The van der Waals surface area contributed by atoms with Crippen molar-refractivity contribution in [3.63, 3.8) is 0 Å². The van der Waals surface area contributed by atoms with Gasteiger partial charge >= 0.3 is 5.97 Å². The van der Waals surface area contributed by atoms with E-state index in [2.05, 4.69) is 20.4 Å². The van der Waals surface area contributed by atoms with Crippen molar-refractivity contribution in [1.82, 2.24) is 19.6 Å². The number of aromatic amines is 1. The van der Waals surface area contributed by atoms with E-state index in [0.29, 0.717) is 29.4 Å². The first kappa shape index (κ1) is 15.9.